The molecule has 0 saturated heterocycles. The molecular formula is C21H18O. The molecule has 4 rings (SSSR count). The second-order valence-corrected chi connectivity index (χ2v) is 5.91. The first-order valence-corrected chi connectivity index (χ1v) is 7.59. The van der Waals surface area contributed by atoms with Gasteiger partial charge in [0.15, 0.2) is 0 Å². The average Bonchev–Trinajstić information content (AvgIpc) is 2.54. The molecule has 0 amide bonds. The third-order valence-electron chi connectivity index (χ3n) is 4.57. The van der Waals surface area contributed by atoms with Gasteiger partial charge in [0.05, 0.1) is 7.11 Å². The maximum atomic E-state index is 5.67. The van der Waals surface area contributed by atoms with Gasteiger partial charge in [-0.05, 0) is 52.6 Å². The monoisotopic (exact) mass is 286 g/mol. The number of benzene rings is 4. The lowest BCUT2D eigenvalue weighted by molar-refractivity contribution is 0.420. The zero-order chi connectivity index (χ0) is 15.3. The standard InChI is InChI=1S/C21H18O/c1-13-11-15-12-14(2)17-9-6-10-19(22-3)21(17)20(15)18-8-5-4-7-16(13)18/h4-12H,1-3H3. The third kappa shape index (κ3) is 1.72. The normalized spacial score (nSPS) is 11.4. The van der Waals surface area contributed by atoms with Crippen LogP contribution in [0.3, 0.4) is 0 Å². The highest BCUT2D eigenvalue weighted by Crippen LogP contribution is 2.39. The number of methoxy groups -OCH3 is 1. The lowest BCUT2D eigenvalue weighted by Crippen LogP contribution is -1.90. The lowest BCUT2D eigenvalue weighted by Gasteiger charge is -2.15. The Balaban J connectivity index is 2.40. The molecule has 0 fully saturated rings. The van der Waals surface area contributed by atoms with Crippen LogP contribution >= 0.6 is 0 Å². The minimum Gasteiger partial charge on any atom is -0.496 e. The first-order valence-electron chi connectivity index (χ1n) is 7.59. The topological polar surface area (TPSA) is 9.23 Å². The summed E-state index contributed by atoms with van der Waals surface area (Å²) >= 11 is 0. The molecule has 4 aromatic carbocycles. The molecule has 0 spiro atoms. The van der Waals surface area contributed by atoms with Crippen molar-refractivity contribution < 1.29 is 4.74 Å². The molecule has 4 aromatic rings. The average molecular weight is 286 g/mol. The summed E-state index contributed by atoms with van der Waals surface area (Å²) in [5.74, 6) is 0.945. The van der Waals surface area contributed by atoms with Gasteiger partial charge in [0.2, 0.25) is 0 Å². The van der Waals surface area contributed by atoms with E-state index in [9.17, 15) is 0 Å². The Hall–Kier alpha value is -2.54. The van der Waals surface area contributed by atoms with Crippen LogP contribution in [0, 0.1) is 13.8 Å². The van der Waals surface area contributed by atoms with Gasteiger partial charge in [-0.25, -0.2) is 0 Å². The molecule has 0 aliphatic heterocycles. The van der Waals surface area contributed by atoms with Crippen molar-refractivity contribution in [2.24, 2.45) is 0 Å². The van der Waals surface area contributed by atoms with Gasteiger partial charge in [-0.15, -0.1) is 0 Å². The van der Waals surface area contributed by atoms with Gasteiger partial charge in [-0.2, -0.15) is 0 Å². The molecule has 1 heteroatoms. The molecule has 108 valence electrons. The SMILES string of the molecule is COc1cccc2c(C)cc3cc(C)c4ccccc4c3c12. The molecule has 0 aliphatic rings. The van der Waals surface area contributed by atoms with E-state index in [2.05, 4.69) is 68.4 Å². The van der Waals surface area contributed by atoms with Gasteiger partial charge in [-0.3, -0.25) is 0 Å². The summed E-state index contributed by atoms with van der Waals surface area (Å²) in [5, 5.41) is 7.67. The van der Waals surface area contributed by atoms with E-state index in [0.717, 1.165) is 5.75 Å². The van der Waals surface area contributed by atoms with Gasteiger partial charge in [0.1, 0.15) is 5.75 Å². The maximum absolute atomic E-state index is 5.67. The second kappa shape index (κ2) is 4.74. The van der Waals surface area contributed by atoms with Crippen LogP contribution in [-0.4, -0.2) is 7.11 Å². The summed E-state index contributed by atoms with van der Waals surface area (Å²) in [6.07, 6.45) is 0. The smallest absolute Gasteiger partial charge is 0.127 e. The highest BCUT2D eigenvalue weighted by Gasteiger charge is 2.12. The first-order chi connectivity index (χ1) is 10.7. The molecule has 0 unspecified atom stereocenters. The molecule has 0 saturated carbocycles. The molecule has 0 aromatic heterocycles. The van der Waals surface area contributed by atoms with Crippen LogP contribution in [0.4, 0.5) is 0 Å². The summed E-state index contributed by atoms with van der Waals surface area (Å²) in [7, 11) is 1.75. The third-order valence-corrected chi connectivity index (χ3v) is 4.57. The van der Waals surface area contributed by atoms with Crippen molar-refractivity contribution in [3.8, 4) is 5.75 Å². The van der Waals surface area contributed by atoms with E-state index in [4.69, 9.17) is 4.74 Å². The molecule has 0 bridgehead atoms. The highest BCUT2D eigenvalue weighted by atomic mass is 16.5. The van der Waals surface area contributed by atoms with Crippen LogP contribution in [-0.2, 0) is 0 Å². The quantitative estimate of drug-likeness (QED) is 0.403. The molecule has 22 heavy (non-hydrogen) atoms. The second-order valence-electron chi connectivity index (χ2n) is 5.91. The Morgan fingerprint density at radius 3 is 2.05 bits per heavy atom. The van der Waals surface area contributed by atoms with E-state index >= 15 is 0 Å². The molecule has 0 N–H and O–H groups in total. The Kier molecular flexibility index (Phi) is 2.83. The summed E-state index contributed by atoms with van der Waals surface area (Å²) in [4.78, 5) is 0. The van der Waals surface area contributed by atoms with Crippen molar-refractivity contribution in [1.82, 2.24) is 0 Å². The number of aryl methyl sites for hydroxylation is 2. The van der Waals surface area contributed by atoms with Crippen molar-refractivity contribution in [2.45, 2.75) is 13.8 Å². The van der Waals surface area contributed by atoms with Gasteiger partial charge in [0, 0.05) is 10.8 Å². The van der Waals surface area contributed by atoms with E-state index in [1.807, 2.05) is 0 Å². The van der Waals surface area contributed by atoms with E-state index < -0.39 is 0 Å². The Morgan fingerprint density at radius 2 is 1.32 bits per heavy atom. The summed E-state index contributed by atoms with van der Waals surface area (Å²) in [6, 6.07) is 19.5. The van der Waals surface area contributed by atoms with E-state index in [-0.39, 0.29) is 0 Å². The fourth-order valence-electron chi connectivity index (χ4n) is 3.58. The number of fused-ring (bicyclic) bond motifs is 5. The fraction of sp³-hybridized carbons (Fsp3) is 0.143. The number of hydrogen-bond donors (Lipinski definition) is 0. The van der Waals surface area contributed by atoms with Crippen LogP contribution < -0.4 is 4.74 Å². The van der Waals surface area contributed by atoms with Crippen LogP contribution in [0.5, 0.6) is 5.75 Å². The van der Waals surface area contributed by atoms with E-state index in [1.165, 1.54) is 43.4 Å². The predicted octanol–water partition coefficient (Wildman–Crippen LogP) is 5.77. The summed E-state index contributed by atoms with van der Waals surface area (Å²) < 4.78 is 5.67. The zero-order valence-corrected chi connectivity index (χ0v) is 13.1. The van der Waals surface area contributed by atoms with Gasteiger partial charge in [-0.1, -0.05) is 48.5 Å². The highest BCUT2D eigenvalue weighted by molar-refractivity contribution is 6.23. The molecule has 0 atom stereocenters. The van der Waals surface area contributed by atoms with Crippen LogP contribution in [0.2, 0.25) is 0 Å². The van der Waals surface area contributed by atoms with Gasteiger partial charge < -0.3 is 4.74 Å². The Bertz CT molecular complexity index is 1020. The van der Waals surface area contributed by atoms with Crippen molar-refractivity contribution in [3.63, 3.8) is 0 Å². The molecule has 1 nitrogen and oxygen atoms in total. The molecule has 0 heterocycles. The van der Waals surface area contributed by atoms with Crippen molar-refractivity contribution in [1.29, 1.82) is 0 Å². The molecule has 0 aliphatic carbocycles. The van der Waals surface area contributed by atoms with E-state index in [0.29, 0.717) is 0 Å². The largest absolute Gasteiger partial charge is 0.496 e. The minimum atomic E-state index is 0.945. The van der Waals surface area contributed by atoms with Crippen molar-refractivity contribution in [3.05, 3.63) is 65.7 Å². The number of hydrogen-bond acceptors (Lipinski definition) is 1. The first kappa shape index (κ1) is 13.1. The fourth-order valence-corrected chi connectivity index (χ4v) is 3.58. The van der Waals surface area contributed by atoms with E-state index in [1.54, 1.807) is 7.11 Å². The van der Waals surface area contributed by atoms with Gasteiger partial charge in [0.25, 0.3) is 0 Å². The van der Waals surface area contributed by atoms with Crippen LogP contribution in [0.25, 0.3) is 32.3 Å². The minimum absolute atomic E-state index is 0.945. The predicted molar refractivity (Wildman–Crippen MR) is 95.0 cm³/mol. The number of ether oxygens (including phenoxy) is 1. The Morgan fingerprint density at radius 1 is 0.682 bits per heavy atom. The van der Waals surface area contributed by atoms with Gasteiger partial charge >= 0.3 is 0 Å². The summed E-state index contributed by atoms with van der Waals surface area (Å²) in [5.41, 5.74) is 2.60. The lowest BCUT2D eigenvalue weighted by atomic mass is 9.91. The summed E-state index contributed by atoms with van der Waals surface area (Å²) in [6.45, 7) is 4.36. The van der Waals surface area contributed by atoms with Crippen molar-refractivity contribution in [2.75, 3.05) is 7.11 Å². The Labute approximate surface area is 130 Å². The van der Waals surface area contributed by atoms with Crippen LogP contribution in [0.1, 0.15) is 11.1 Å². The number of rotatable bonds is 1. The zero-order valence-electron chi connectivity index (χ0n) is 13.1. The molecular weight excluding hydrogens is 268 g/mol. The van der Waals surface area contributed by atoms with Crippen molar-refractivity contribution >= 4 is 32.3 Å². The molecule has 0 radical (unpaired) electrons. The maximum Gasteiger partial charge on any atom is 0.127 e. The van der Waals surface area contributed by atoms with Crippen LogP contribution in [0.15, 0.2) is 54.6 Å².